The third-order valence-electron chi connectivity index (χ3n) is 4.02. The Balaban J connectivity index is 1.81. The molecule has 0 radical (unpaired) electrons. The molecule has 1 amide bonds. The lowest BCUT2D eigenvalue weighted by atomic mass is 10.1. The number of nitrogens with one attached hydrogen (secondary N) is 1. The van der Waals surface area contributed by atoms with Crippen LogP contribution in [0, 0.1) is 6.92 Å². The second kappa shape index (κ2) is 6.66. The molecule has 0 bridgehead atoms. The lowest BCUT2D eigenvalue weighted by molar-refractivity contribution is -0.122. The molecule has 5 heteroatoms. The van der Waals surface area contributed by atoms with Crippen molar-refractivity contribution >= 4 is 16.7 Å². The van der Waals surface area contributed by atoms with Crippen LogP contribution < -0.4 is 10.9 Å². The number of carbonyl (C=O) groups excluding carboxylic acids is 1. The van der Waals surface area contributed by atoms with Crippen molar-refractivity contribution in [2.24, 2.45) is 0 Å². The first-order valence-corrected chi connectivity index (χ1v) is 7.87. The van der Waals surface area contributed by atoms with Crippen molar-refractivity contribution in [3.8, 4) is 0 Å². The monoisotopic (exact) mass is 321 g/mol. The number of fused-ring (bicyclic) bond motifs is 1. The average molecular weight is 321 g/mol. The van der Waals surface area contributed by atoms with E-state index in [0.29, 0.717) is 5.39 Å². The molecule has 1 heterocycles. The van der Waals surface area contributed by atoms with Gasteiger partial charge in [0.1, 0.15) is 6.54 Å². The van der Waals surface area contributed by atoms with Crippen LogP contribution in [0.4, 0.5) is 0 Å². The van der Waals surface area contributed by atoms with Gasteiger partial charge in [0.25, 0.3) is 5.56 Å². The van der Waals surface area contributed by atoms with Crippen LogP contribution in [0.2, 0.25) is 0 Å². The van der Waals surface area contributed by atoms with Crippen LogP contribution in [-0.2, 0) is 11.3 Å². The first-order valence-electron chi connectivity index (χ1n) is 7.87. The van der Waals surface area contributed by atoms with Crippen molar-refractivity contribution in [1.82, 2.24) is 15.1 Å². The van der Waals surface area contributed by atoms with E-state index in [1.807, 2.05) is 62.4 Å². The number of aryl methyl sites for hydroxylation is 1. The van der Waals surface area contributed by atoms with Crippen LogP contribution in [-0.4, -0.2) is 15.7 Å². The zero-order valence-electron chi connectivity index (χ0n) is 13.7. The van der Waals surface area contributed by atoms with Gasteiger partial charge in [-0.15, -0.1) is 0 Å². The van der Waals surface area contributed by atoms with Crippen molar-refractivity contribution in [2.45, 2.75) is 26.4 Å². The maximum Gasteiger partial charge on any atom is 0.275 e. The third kappa shape index (κ3) is 3.20. The van der Waals surface area contributed by atoms with Gasteiger partial charge >= 0.3 is 0 Å². The molecular formula is C19H19N3O2. The number of rotatable bonds is 4. The van der Waals surface area contributed by atoms with Crippen LogP contribution in [0.25, 0.3) is 10.8 Å². The van der Waals surface area contributed by atoms with Gasteiger partial charge in [-0.05, 0) is 25.5 Å². The standard InChI is InChI=1S/C19H19N3O2/c1-13(15-8-4-3-5-9-15)20-18(23)12-22-19(24)17-11-7-6-10-16(17)14(2)21-22/h3-11,13H,12H2,1-2H3,(H,20,23)/t13-/m0/s1. The lowest BCUT2D eigenvalue weighted by Gasteiger charge is -2.15. The highest BCUT2D eigenvalue weighted by Gasteiger charge is 2.13. The Kier molecular flexibility index (Phi) is 4.42. The summed E-state index contributed by atoms with van der Waals surface area (Å²) in [6, 6.07) is 16.9. The third-order valence-corrected chi connectivity index (χ3v) is 4.02. The molecule has 5 nitrogen and oxygen atoms in total. The van der Waals surface area contributed by atoms with E-state index in [0.717, 1.165) is 16.6 Å². The molecule has 1 atom stereocenters. The fourth-order valence-electron chi connectivity index (χ4n) is 2.76. The van der Waals surface area contributed by atoms with Crippen molar-refractivity contribution in [2.75, 3.05) is 0 Å². The number of hydrogen-bond donors (Lipinski definition) is 1. The Morgan fingerprint density at radius 3 is 2.42 bits per heavy atom. The zero-order valence-corrected chi connectivity index (χ0v) is 13.7. The molecule has 0 aliphatic heterocycles. The summed E-state index contributed by atoms with van der Waals surface area (Å²) >= 11 is 0. The Labute approximate surface area is 139 Å². The molecule has 1 N–H and O–H groups in total. The summed E-state index contributed by atoms with van der Waals surface area (Å²) in [6.07, 6.45) is 0. The first-order chi connectivity index (χ1) is 11.6. The summed E-state index contributed by atoms with van der Waals surface area (Å²) in [7, 11) is 0. The number of amides is 1. The van der Waals surface area contributed by atoms with Gasteiger partial charge in [0, 0.05) is 5.39 Å². The molecule has 1 aromatic heterocycles. The summed E-state index contributed by atoms with van der Waals surface area (Å²) in [6.45, 7) is 3.65. The van der Waals surface area contributed by atoms with E-state index in [9.17, 15) is 9.59 Å². The minimum absolute atomic E-state index is 0.0956. The Hall–Kier alpha value is -2.95. The van der Waals surface area contributed by atoms with Gasteiger partial charge in [0.05, 0.1) is 17.1 Å². The second-order valence-electron chi connectivity index (χ2n) is 5.79. The highest BCUT2D eigenvalue weighted by Crippen LogP contribution is 2.12. The largest absolute Gasteiger partial charge is 0.348 e. The maximum atomic E-state index is 12.5. The average Bonchev–Trinajstić information content (AvgIpc) is 2.60. The number of benzene rings is 2. The molecule has 0 fully saturated rings. The smallest absolute Gasteiger partial charge is 0.275 e. The van der Waals surface area contributed by atoms with E-state index >= 15 is 0 Å². The molecule has 3 rings (SSSR count). The topological polar surface area (TPSA) is 64.0 Å². The number of aromatic nitrogens is 2. The zero-order chi connectivity index (χ0) is 17.1. The number of nitrogens with zero attached hydrogens (tertiary/aromatic N) is 2. The lowest BCUT2D eigenvalue weighted by Crippen LogP contribution is -2.35. The van der Waals surface area contributed by atoms with Gasteiger partial charge in [-0.3, -0.25) is 9.59 Å². The minimum Gasteiger partial charge on any atom is -0.348 e. The minimum atomic E-state index is -0.251. The van der Waals surface area contributed by atoms with Crippen LogP contribution >= 0.6 is 0 Å². The van der Waals surface area contributed by atoms with E-state index in [-0.39, 0.29) is 24.1 Å². The Morgan fingerprint density at radius 1 is 1.08 bits per heavy atom. The predicted octanol–water partition coefficient (Wildman–Crippen LogP) is 2.58. The Bertz CT molecular complexity index is 932. The second-order valence-corrected chi connectivity index (χ2v) is 5.79. The van der Waals surface area contributed by atoms with E-state index in [1.165, 1.54) is 4.68 Å². The van der Waals surface area contributed by atoms with E-state index in [4.69, 9.17) is 0 Å². The fraction of sp³-hybridized carbons (Fsp3) is 0.211. The molecular weight excluding hydrogens is 302 g/mol. The van der Waals surface area contributed by atoms with E-state index < -0.39 is 0 Å². The molecule has 122 valence electrons. The predicted molar refractivity (Wildman–Crippen MR) is 93.7 cm³/mol. The van der Waals surface area contributed by atoms with Gasteiger partial charge in [0.2, 0.25) is 5.91 Å². The molecule has 24 heavy (non-hydrogen) atoms. The molecule has 0 saturated heterocycles. The quantitative estimate of drug-likeness (QED) is 0.803. The van der Waals surface area contributed by atoms with Crippen LogP contribution in [0.15, 0.2) is 59.4 Å². The molecule has 0 aliphatic rings. The summed E-state index contributed by atoms with van der Waals surface area (Å²) in [5, 5.41) is 8.56. The van der Waals surface area contributed by atoms with E-state index in [1.54, 1.807) is 6.07 Å². The number of carbonyl (C=O) groups is 1. The summed E-state index contributed by atoms with van der Waals surface area (Å²) in [4.78, 5) is 24.8. The summed E-state index contributed by atoms with van der Waals surface area (Å²) < 4.78 is 1.23. The Morgan fingerprint density at radius 2 is 1.71 bits per heavy atom. The highest BCUT2D eigenvalue weighted by atomic mass is 16.2. The molecule has 0 aliphatic carbocycles. The van der Waals surface area contributed by atoms with Crippen molar-refractivity contribution < 1.29 is 4.79 Å². The first kappa shape index (κ1) is 15.9. The highest BCUT2D eigenvalue weighted by molar-refractivity contribution is 5.83. The molecule has 0 unspecified atom stereocenters. The van der Waals surface area contributed by atoms with Crippen molar-refractivity contribution in [3.63, 3.8) is 0 Å². The summed E-state index contributed by atoms with van der Waals surface area (Å²) in [5.74, 6) is -0.240. The van der Waals surface area contributed by atoms with Gasteiger partial charge in [-0.2, -0.15) is 5.10 Å². The summed E-state index contributed by atoms with van der Waals surface area (Å²) in [5.41, 5.74) is 1.49. The SMILES string of the molecule is Cc1nn(CC(=O)N[C@@H](C)c2ccccc2)c(=O)c2ccccc12. The van der Waals surface area contributed by atoms with Crippen LogP contribution in [0.5, 0.6) is 0 Å². The molecule has 2 aromatic carbocycles. The van der Waals surface area contributed by atoms with Crippen LogP contribution in [0.3, 0.4) is 0 Å². The molecule has 0 spiro atoms. The van der Waals surface area contributed by atoms with Gasteiger partial charge in [-0.1, -0.05) is 48.5 Å². The normalized spacial score (nSPS) is 12.1. The fourth-order valence-corrected chi connectivity index (χ4v) is 2.76. The maximum absolute atomic E-state index is 12.5. The molecule has 0 saturated carbocycles. The van der Waals surface area contributed by atoms with Crippen LogP contribution in [0.1, 0.15) is 24.2 Å². The number of hydrogen-bond acceptors (Lipinski definition) is 3. The van der Waals surface area contributed by atoms with E-state index in [2.05, 4.69) is 10.4 Å². The van der Waals surface area contributed by atoms with Gasteiger partial charge in [0.15, 0.2) is 0 Å². The van der Waals surface area contributed by atoms with Gasteiger partial charge < -0.3 is 5.32 Å². The van der Waals surface area contributed by atoms with Crippen molar-refractivity contribution in [3.05, 3.63) is 76.2 Å². The van der Waals surface area contributed by atoms with Crippen molar-refractivity contribution in [1.29, 1.82) is 0 Å². The molecule has 3 aromatic rings. The van der Waals surface area contributed by atoms with Gasteiger partial charge in [-0.25, -0.2) is 4.68 Å².